The van der Waals surface area contributed by atoms with Gasteiger partial charge in [-0.2, -0.15) is 0 Å². The number of rotatable bonds is 6. The van der Waals surface area contributed by atoms with E-state index in [9.17, 15) is 18.5 Å². The summed E-state index contributed by atoms with van der Waals surface area (Å²) in [6.45, 7) is 1.70. The minimum atomic E-state index is -3.58. The SMILES string of the molecule is COC(C)C(Cl)=C=CCS(=O)(=O)c1ccc([N+](=O)[O-])cc1. The molecule has 0 heterocycles. The van der Waals surface area contributed by atoms with Gasteiger partial charge in [-0.15, -0.1) is 5.73 Å². The Hall–Kier alpha value is -1.66. The maximum absolute atomic E-state index is 12.0. The van der Waals surface area contributed by atoms with Crippen molar-refractivity contribution in [1.29, 1.82) is 0 Å². The van der Waals surface area contributed by atoms with Crippen LogP contribution in [0.5, 0.6) is 0 Å². The topological polar surface area (TPSA) is 86.5 Å². The number of hydrogen-bond donors (Lipinski definition) is 0. The molecular weight excluding hydrogens is 318 g/mol. The number of ether oxygens (including phenoxy) is 1. The summed E-state index contributed by atoms with van der Waals surface area (Å²) in [7, 11) is -2.11. The molecule has 1 aromatic carbocycles. The van der Waals surface area contributed by atoms with Gasteiger partial charge >= 0.3 is 0 Å². The van der Waals surface area contributed by atoms with Crippen LogP contribution in [-0.4, -0.2) is 32.3 Å². The molecule has 1 rings (SSSR count). The first-order valence-electron chi connectivity index (χ1n) is 5.88. The number of nitro benzene ring substituents is 1. The third-order valence-corrected chi connectivity index (χ3v) is 4.67. The lowest BCUT2D eigenvalue weighted by atomic mass is 10.3. The summed E-state index contributed by atoms with van der Waals surface area (Å²) in [6, 6.07) is 4.69. The average Bonchev–Trinajstić information content (AvgIpc) is 2.46. The quantitative estimate of drug-likeness (QED) is 0.454. The van der Waals surface area contributed by atoms with Gasteiger partial charge in [-0.05, 0) is 25.1 Å². The van der Waals surface area contributed by atoms with E-state index in [-0.39, 0.29) is 27.5 Å². The molecule has 8 heteroatoms. The van der Waals surface area contributed by atoms with Gasteiger partial charge in [0.25, 0.3) is 5.69 Å². The van der Waals surface area contributed by atoms with E-state index < -0.39 is 14.8 Å². The predicted octanol–water partition coefficient (Wildman–Crippen LogP) is 2.68. The number of nitrogens with zero attached hydrogens (tertiary/aromatic N) is 1. The van der Waals surface area contributed by atoms with Crippen LogP contribution in [0, 0.1) is 10.1 Å². The van der Waals surface area contributed by atoms with Crippen molar-refractivity contribution in [1.82, 2.24) is 0 Å². The number of methoxy groups -OCH3 is 1. The van der Waals surface area contributed by atoms with Gasteiger partial charge in [-0.3, -0.25) is 10.1 Å². The first kappa shape index (κ1) is 17.4. The van der Waals surface area contributed by atoms with Crippen molar-refractivity contribution >= 4 is 27.1 Å². The predicted molar refractivity (Wildman–Crippen MR) is 79.1 cm³/mol. The zero-order chi connectivity index (χ0) is 16.0. The third-order valence-electron chi connectivity index (χ3n) is 2.66. The van der Waals surface area contributed by atoms with Gasteiger partial charge in [0.15, 0.2) is 9.84 Å². The van der Waals surface area contributed by atoms with Crippen LogP contribution in [0.2, 0.25) is 0 Å². The fourth-order valence-electron chi connectivity index (χ4n) is 1.34. The van der Waals surface area contributed by atoms with Crippen LogP contribution in [-0.2, 0) is 14.6 Å². The molecule has 1 unspecified atom stereocenters. The minimum absolute atomic E-state index is 0.00191. The zero-order valence-electron chi connectivity index (χ0n) is 11.4. The van der Waals surface area contributed by atoms with Crippen LogP contribution < -0.4 is 0 Å². The normalized spacial score (nSPS) is 12.3. The number of halogens is 1. The molecule has 0 saturated heterocycles. The van der Waals surface area contributed by atoms with Crippen molar-refractivity contribution in [3.8, 4) is 0 Å². The van der Waals surface area contributed by atoms with E-state index in [1.807, 2.05) is 0 Å². The van der Waals surface area contributed by atoms with Gasteiger partial charge in [-0.25, -0.2) is 8.42 Å². The summed E-state index contributed by atoms with van der Waals surface area (Å²) >= 11 is 5.84. The lowest BCUT2D eigenvalue weighted by molar-refractivity contribution is -0.384. The molecule has 0 spiro atoms. The van der Waals surface area contributed by atoms with Crippen molar-refractivity contribution in [3.05, 3.63) is 51.2 Å². The Morgan fingerprint density at radius 1 is 1.48 bits per heavy atom. The van der Waals surface area contributed by atoms with Gasteiger partial charge in [0.2, 0.25) is 0 Å². The molecular formula is C13H14ClNO5S. The second kappa shape index (κ2) is 7.38. The molecule has 0 amide bonds. The van der Waals surface area contributed by atoms with E-state index in [1.54, 1.807) is 6.92 Å². The monoisotopic (exact) mass is 331 g/mol. The first-order chi connectivity index (χ1) is 9.77. The van der Waals surface area contributed by atoms with E-state index in [0.717, 1.165) is 12.1 Å². The summed E-state index contributed by atoms with van der Waals surface area (Å²) < 4.78 is 29.0. The summed E-state index contributed by atoms with van der Waals surface area (Å²) in [5, 5.41) is 10.8. The molecule has 0 aliphatic heterocycles. The van der Waals surface area contributed by atoms with Crippen molar-refractivity contribution < 1.29 is 18.1 Å². The first-order valence-corrected chi connectivity index (χ1v) is 7.91. The Labute approximate surface area is 127 Å². The van der Waals surface area contributed by atoms with Gasteiger partial charge in [0, 0.05) is 19.2 Å². The van der Waals surface area contributed by atoms with E-state index in [2.05, 4.69) is 5.73 Å². The molecule has 0 fully saturated rings. The number of nitro groups is 1. The molecule has 21 heavy (non-hydrogen) atoms. The highest BCUT2D eigenvalue weighted by atomic mass is 35.5. The summed E-state index contributed by atoms with van der Waals surface area (Å²) in [5.74, 6) is -0.308. The zero-order valence-corrected chi connectivity index (χ0v) is 13.0. The van der Waals surface area contributed by atoms with E-state index in [1.165, 1.54) is 25.3 Å². The summed E-state index contributed by atoms with van der Waals surface area (Å²) in [4.78, 5) is 9.92. The van der Waals surface area contributed by atoms with Crippen molar-refractivity contribution in [2.75, 3.05) is 12.9 Å². The van der Waals surface area contributed by atoms with Gasteiger partial charge in [0.05, 0.1) is 26.7 Å². The molecule has 1 atom stereocenters. The lowest BCUT2D eigenvalue weighted by Crippen LogP contribution is -2.05. The van der Waals surface area contributed by atoms with Crippen molar-refractivity contribution in [3.63, 3.8) is 0 Å². The largest absolute Gasteiger partial charge is 0.375 e. The van der Waals surface area contributed by atoms with Crippen LogP contribution in [0.3, 0.4) is 0 Å². The maximum atomic E-state index is 12.0. The summed E-state index contributed by atoms with van der Waals surface area (Å²) in [5.41, 5.74) is 2.47. The smallest absolute Gasteiger partial charge is 0.269 e. The number of sulfone groups is 1. The number of non-ortho nitro benzene ring substituents is 1. The van der Waals surface area contributed by atoms with Gasteiger partial charge < -0.3 is 4.74 Å². The second-order valence-corrected chi connectivity index (χ2v) is 6.55. The van der Waals surface area contributed by atoms with Gasteiger partial charge in [-0.1, -0.05) is 11.6 Å². The molecule has 0 aliphatic rings. The molecule has 6 nitrogen and oxygen atoms in total. The Bertz CT molecular complexity index is 675. The lowest BCUT2D eigenvalue weighted by Gasteiger charge is -2.04. The highest BCUT2D eigenvalue weighted by molar-refractivity contribution is 7.91. The Morgan fingerprint density at radius 3 is 2.52 bits per heavy atom. The van der Waals surface area contributed by atoms with Crippen LogP contribution >= 0.6 is 11.6 Å². The van der Waals surface area contributed by atoms with Crippen LogP contribution in [0.15, 0.2) is 46.0 Å². The fourth-order valence-corrected chi connectivity index (χ4v) is 2.55. The molecule has 114 valence electrons. The molecule has 0 aliphatic carbocycles. The Balaban J connectivity index is 2.92. The highest BCUT2D eigenvalue weighted by Gasteiger charge is 2.14. The van der Waals surface area contributed by atoms with Crippen LogP contribution in [0.4, 0.5) is 5.69 Å². The molecule has 1 aromatic rings. The third kappa shape index (κ3) is 4.99. The van der Waals surface area contributed by atoms with Gasteiger partial charge in [0.1, 0.15) is 0 Å². The summed E-state index contributed by atoms with van der Waals surface area (Å²) in [6.07, 6.45) is 0.916. The second-order valence-electron chi connectivity index (χ2n) is 4.11. The fraction of sp³-hybridized carbons (Fsp3) is 0.308. The number of hydrogen-bond acceptors (Lipinski definition) is 5. The molecule has 0 aromatic heterocycles. The van der Waals surface area contributed by atoms with E-state index >= 15 is 0 Å². The van der Waals surface area contributed by atoms with E-state index in [4.69, 9.17) is 16.3 Å². The Morgan fingerprint density at radius 2 is 2.05 bits per heavy atom. The standard InChI is InChI=1S/C13H14ClNO5S/c1-10(20-2)13(14)4-3-9-21(18,19)12-7-5-11(6-8-12)15(16)17/h3,5-8,10H,9H2,1-2H3. The molecule has 0 N–H and O–H groups in total. The highest BCUT2D eigenvalue weighted by Crippen LogP contribution is 2.17. The van der Waals surface area contributed by atoms with Crippen LogP contribution in [0.25, 0.3) is 0 Å². The van der Waals surface area contributed by atoms with Crippen molar-refractivity contribution in [2.24, 2.45) is 0 Å². The van der Waals surface area contributed by atoms with E-state index in [0.29, 0.717) is 0 Å². The number of benzene rings is 1. The maximum Gasteiger partial charge on any atom is 0.269 e. The minimum Gasteiger partial charge on any atom is -0.375 e. The molecule has 0 saturated carbocycles. The Kier molecular flexibility index (Phi) is 6.11. The average molecular weight is 332 g/mol. The molecule has 0 bridgehead atoms. The van der Waals surface area contributed by atoms with Crippen LogP contribution in [0.1, 0.15) is 6.92 Å². The van der Waals surface area contributed by atoms with Crippen molar-refractivity contribution in [2.45, 2.75) is 17.9 Å². The molecule has 0 radical (unpaired) electrons.